The molecule has 3 rings (SSSR count). The number of hydrogen-bond donors (Lipinski definition) is 0. The zero-order valence-corrected chi connectivity index (χ0v) is 13.1. The van der Waals surface area contributed by atoms with Gasteiger partial charge in [-0.05, 0) is 43.5 Å². The first-order chi connectivity index (χ1) is 10.7. The van der Waals surface area contributed by atoms with Gasteiger partial charge in [0.2, 0.25) is 0 Å². The summed E-state index contributed by atoms with van der Waals surface area (Å²) in [4.78, 5) is 14.7. The van der Waals surface area contributed by atoms with Crippen molar-refractivity contribution < 1.29 is 9.53 Å². The lowest BCUT2D eigenvalue weighted by Crippen LogP contribution is -2.41. The van der Waals surface area contributed by atoms with Gasteiger partial charge in [0.1, 0.15) is 5.75 Å². The number of para-hydroxylation sites is 1. The van der Waals surface area contributed by atoms with E-state index in [9.17, 15) is 4.79 Å². The highest BCUT2D eigenvalue weighted by molar-refractivity contribution is 5.98. The van der Waals surface area contributed by atoms with Crippen molar-refractivity contribution in [2.24, 2.45) is 0 Å². The van der Waals surface area contributed by atoms with E-state index in [1.807, 2.05) is 61.2 Å². The molecule has 0 saturated carbocycles. The maximum atomic E-state index is 12.8. The Morgan fingerprint density at radius 3 is 2.64 bits per heavy atom. The average Bonchev–Trinajstić information content (AvgIpc) is 2.98. The lowest BCUT2D eigenvalue weighted by Gasteiger charge is -2.24. The minimum absolute atomic E-state index is 0.0491. The average molecular weight is 295 g/mol. The number of rotatable bonds is 4. The number of anilines is 1. The van der Waals surface area contributed by atoms with Crippen LogP contribution < -0.4 is 9.64 Å². The summed E-state index contributed by atoms with van der Waals surface area (Å²) in [5, 5.41) is 0. The molecule has 0 saturated heterocycles. The van der Waals surface area contributed by atoms with E-state index in [1.54, 1.807) is 0 Å². The fourth-order valence-electron chi connectivity index (χ4n) is 2.83. The van der Waals surface area contributed by atoms with Gasteiger partial charge in [0.05, 0.1) is 0 Å². The SMILES string of the molecule is CCC(Oc1ccc(C)cc1)C(=O)N1CCc2ccccc21. The molecule has 1 heterocycles. The Morgan fingerprint density at radius 1 is 1.18 bits per heavy atom. The first-order valence-electron chi connectivity index (χ1n) is 7.81. The molecule has 0 N–H and O–H groups in total. The second-order valence-electron chi connectivity index (χ2n) is 5.70. The van der Waals surface area contributed by atoms with Crippen molar-refractivity contribution in [1.29, 1.82) is 0 Å². The third kappa shape index (κ3) is 2.84. The normalized spacial score (nSPS) is 14.5. The number of hydrogen-bond acceptors (Lipinski definition) is 2. The molecule has 2 aromatic carbocycles. The van der Waals surface area contributed by atoms with Crippen LogP contribution in [0.1, 0.15) is 24.5 Å². The Hall–Kier alpha value is -2.29. The molecular formula is C19H21NO2. The van der Waals surface area contributed by atoms with Crippen molar-refractivity contribution in [3.05, 3.63) is 59.7 Å². The summed E-state index contributed by atoms with van der Waals surface area (Å²) < 4.78 is 5.92. The predicted molar refractivity (Wildman–Crippen MR) is 88.4 cm³/mol. The summed E-state index contributed by atoms with van der Waals surface area (Å²) in [7, 11) is 0. The van der Waals surface area contributed by atoms with E-state index in [4.69, 9.17) is 4.74 Å². The molecule has 0 aliphatic carbocycles. The van der Waals surface area contributed by atoms with Gasteiger partial charge < -0.3 is 9.64 Å². The Morgan fingerprint density at radius 2 is 1.91 bits per heavy atom. The van der Waals surface area contributed by atoms with Gasteiger partial charge in [-0.15, -0.1) is 0 Å². The lowest BCUT2D eigenvalue weighted by atomic mass is 10.1. The zero-order chi connectivity index (χ0) is 15.5. The molecule has 1 amide bonds. The number of nitrogens with zero attached hydrogens (tertiary/aromatic N) is 1. The first kappa shape index (κ1) is 14.6. The standard InChI is InChI=1S/C19H21NO2/c1-3-18(22-16-10-8-14(2)9-11-16)19(21)20-13-12-15-6-4-5-7-17(15)20/h4-11,18H,3,12-13H2,1-2H3. The number of benzene rings is 2. The van der Waals surface area contributed by atoms with Crippen molar-refractivity contribution in [2.75, 3.05) is 11.4 Å². The Balaban J connectivity index is 1.76. The molecule has 114 valence electrons. The number of carbonyl (C=O) groups is 1. The van der Waals surface area contributed by atoms with Crippen LogP contribution in [0.2, 0.25) is 0 Å². The second kappa shape index (κ2) is 6.22. The third-order valence-corrected chi connectivity index (χ3v) is 4.10. The van der Waals surface area contributed by atoms with E-state index >= 15 is 0 Å². The van der Waals surface area contributed by atoms with E-state index in [0.717, 1.165) is 24.4 Å². The molecule has 0 aromatic heterocycles. The number of aryl methyl sites for hydroxylation is 1. The van der Waals surface area contributed by atoms with Gasteiger partial charge in [-0.25, -0.2) is 0 Å². The predicted octanol–water partition coefficient (Wildman–Crippen LogP) is 3.74. The van der Waals surface area contributed by atoms with Gasteiger partial charge in [-0.3, -0.25) is 4.79 Å². The summed E-state index contributed by atoms with van der Waals surface area (Å²) in [6, 6.07) is 15.9. The van der Waals surface area contributed by atoms with E-state index in [-0.39, 0.29) is 5.91 Å². The van der Waals surface area contributed by atoms with Crippen molar-refractivity contribution in [2.45, 2.75) is 32.8 Å². The van der Waals surface area contributed by atoms with Crippen LogP contribution in [0, 0.1) is 6.92 Å². The number of amides is 1. The molecule has 1 atom stereocenters. The van der Waals surface area contributed by atoms with E-state index < -0.39 is 6.10 Å². The van der Waals surface area contributed by atoms with Gasteiger partial charge in [0.15, 0.2) is 6.10 Å². The first-order valence-corrected chi connectivity index (χ1v) is 7.81. The van der Waals surface area contributed by atoms with Crippen LogP contribution in [0.4, 0.5) is 5.69 Å². The molecule has 1 unspecified atom stereocenters. The highest BCUT2D eigenvalue weighted by Gasteiger charge is 2.30. The van der Waals surface area contributed by atoms with Crippen molar-refractivity contribution in [3.8, 4) is 5.75 Å². The smallest absolute Gasteiger partial charge is 0.268 e. The molecule has 3 heteroatoms. The summed E-state index contributed by atoms with van der Waals surface area (Å²) >= 11 is 0. The fourth-order valence-corrected chi connectivity index (χ4v) is 2.83. The van der Waals surface area contributed by atoms with Gasteiger partial charge in [0, 0.05) is 12.2 Å². The number of fused-ring (bicyclic) bond motifs is 1. The summed E-state index contributed by atoms with van der Waals surface area (Å²) in [6.45, 7) is 4.76. The Labute approximate surface area is 131 Å². The minimum Gasteiger partial charge on any atom is -0.481 e. The molecular weight excluding hydrogens is 274 g/mol. The molecule has 2 aromatic rings. The van der Waals surface area contributed by atoms with E-state index in [1.165, 1.54) is 11.1 Å². The largest absolute Gasteiger partial charge is 0.481 e. The maximum absolute atomic E-state index is 12.8. The van der Waals surface area contributed by atoms with Gasteiger partial charge in [0.25, 0.3) is 5.91 Å². The van der Waals surface area contributed by atoms with Crippen LogP contribution in [-0.2, 0) is 11.2 Å². The Kier molecular flexibility index (Phi) is 4.14. The lowest BCUT2D eigenvalue weighted by molar-refractivity contribution is -0.125. The quantitative estimate of drug-likeness (QED) is 0.860. The monoisotopic (exact) mass is 295 g/mol. The Bertz CT molecular complexity index is 663. The molecule has 0 spiro atoms. The molecule has 0 fully saturated rings. The molecule has 22 heavy (non-hydrogen) atoms. The molecule has 3 nitrogen and oxygen atoms in total. The molecule has 1 aliphatic heterocycles. The van der Waals surface area contributed by atoms with Crippen LogP contribution in [0.15, 0.2) is 48.5 Å². The second-order valence-corrected chi connectivity index (χ2v) is 5.70. The van der Waals surface area contributed by atoms with E-state index in [2.05, 4.69) is 6.07 Å². The molecule has 1 aliphatic rings. The van der Waals surface area contributed by atoms with Crippen LogP contribution in [0.3, 0.4) is 0 Å². The highest BCUT2D eigenvalue weighted by atomic mass is 16.5. The fraction of sp³-hybridized carbons (Fsp3) is 0.316. The van der Waals surface area contributed by atoms with Crippen molar-refractivity contribution >= 4 is 11.6 Å². The maximum Gasteiger partial charge on any atom is 0.268 e. The number of carbonyl (C=O) groups excluding carboxylic acids is 1. The van der Waals surface area contributed by atoms with Crippen LogP contribution in [0.25, 0.3) is 0 Å². The van der Waals surface area contributed by atoms with Crippen LogP contribution in [0.5, 0.6) is 5.75 Å². The van der Waals surface area contributed by atoms with Crippen molar-refractivity contribution in [1.82, 2.24) is 0 Å². The highest BCUT2D eigenvalue weighted by Crippen LogP contribution is 2.29. The van der Waals surface area contributed by atoms with E-state index in [0.29, 0.717) is 6.42 Å². The van der Waals surface area contributed by atoms with Gasteiger partial charge in [-0.2, -0.15) is 0 Å². The summed E-state index contributed by atoms with van der Waals surface area (Å²) in [5.41, 5.74) is 3.44. The number of ether oxygens (including phenoxy) is 1. The topological polar surface area (TPSA) is 29.5 Å². The minimum atomic E-state index is -0.436. The van der Waals surface area contributed by atoms with Gasteiger partial charge in [-0.1, -0.05) is 42.8 Å². The molecule has 0 radical (unpaired) electrons. The summed E-state index contributed by atoms with van der Waals surface area (Å²) in [5.74, 6) is 0.798. The van der Waals surface area contributed by atoms with Gasteiger partial charge >= 0.3 is 0 Å². The zero-order valence-electron chi connectivity index (χ0n) is 13.1. The molecule has 0 bridgehead atoms. The van der Waals surface area contributed by atoms with Crippen LogP contribution in [-0.4, -0.2) is 18.6 Å². The summed E-state index contributed by atoms with van der Waals surface area (Å²) in [6.07, 6.45) is 1.14. The van der Waals surface area contributed by atoms with Crippen molar-refractivity contribution in [3.63, 3.8) is 0 Å². The third-order valence-electron chi connectivity index (χ3n) is 4.10. The van der Waals surface area contributed by atoms with Crippen LogP contribution >= 0.6 is 0 Å².